The van der Waals surface area contributed by atoms with E-state index in [1.165, 1.54) is 29.5 Å². The molecule has 8 heteroatoms. The van der Waals surface area contributed by atoms with E-state index in [2.05, 4.69) is 21.2 Å². The number of anilines is 2. The van der Waals surface area contributed by atoms with Gasteiger partial charge in [0.05, 0.1) is 15.0 Å². The molecule has 1 N–H and O–H groups in total. The smallest absolute Gasteiger partial charge is 0.378 e. The monoisotopic (exact) mass is 418 g/mol. The Bertz CT molecular complexity index is 769. The van der Waals surface area contributed by atoms with E-state index in [0.29, 0.717) is 5.69 Å². The van der Waals surface area contributed by atoms with Crippen molar-refractivity contribution in [3.8, 4) is 0 Å². The molecule has 128 valence electrons. The summed E-state index contributed by atoms with van der Waals surface area (Å²) in [5.41, 5.74) is -0.747. The number of carbonyl (C=O) groups excluding carboxylic acids is 1. The van der Waals surface area contributed by atoms with Gasteiger partial charge in [-0.1, -0.05) is 0 Å². The number of nitrogens with one attached hydrogen (secondary N) is 1. The second kappa shape index (κ2) is 7.40. The summed E-state index contributed by atoms with van der Waals surface area (Å²) in [5, 5.41) is 2.29. The van der Waals surface area contributed by atoms with Crippen LogP contribution >= 0.6 is 27.3 Å². The van der Waals surface area contributed by atoms with Gasteiger partial charge in [0.1, 0.15) is 0 Å². The van der Waals surface area contributed by atoms with Crippen LogP contribution in [0.3, 0.4) is 0 Å². The van der Waals surface area contributed by atoms with Gasteiger partial charge in [0.25, 0.3) is 0 Å². The molecule has 0 bridgehead atoms. The van der Waals surface area contributed by atoms with E-state index in [1.54, 1.807) is 31.1 Å². The fourth-order valence-electron chi connectivity index (χ4n) is 1.90. The van der Waals surface area contributed by atoms with Gasteiger partial charge in [0, 0.05) is 30.7 Å². The van der Waals surface area contributed by atoms with Crippen molar-refractivity contribution in [2.75, 3.05) is 24.3 Å². The topological polar surface area (TPSA) is 32.3 Å². The van der Waals surface area contributed by atoms with E-state index in [9.17, 15) is 18.0 Å². The zero-order chi connectivity index (χ0) is 17.9. The first-order valence-corrected chi connectivity index (χ1v) is 8.41. The molecule has 2 aromatic rings. The number of rotatable bonds is 4. The van der Waals surface area contributed by atoms with E-state index >= 15 is 0 Å². The van der Waals surface area contributed by atoms with Crippen LogP contribution in [0.1, 0.15) is 10.4 Å². The van der Waals surface area contributed by atoms with Crippen molar-refractivity contribution in [3.63, 3.8) is 0 Å². The van der Waals surface area contributed by atoms with Crippen LogP contribution in [0.25, 0.3) is 6.08 Å². The van der Waals surface area contributed by atoms with Crippen molar-refractivity contribution >= 4 is 50.6 Å². The van der Waals surface area contributed by atoms with Gasteiger partial charge in [-0.2, -0.15) is 13.2 Å². The number of hydrogen-bond acceptors (Lipinski definition) is 3. The van der Waals surface area contributed by atoms with Crippen molar-refractivity contribution in [3.05, 3.63) is 50.6 Å². The van der Waals surface area contributed by atoms with E-state index in [1.807, 2.05) is 6.07 Å². The highest BCUT2D eigenvalue weighted by Crippen LogP contribution is 2.37. The Hall–Kier alpha value is -1.80. The van der Waals surface area contributed by atoms with Crippen LogP contribution < -0.4 is 10.2 Å². The maximum Gasteiger partial charge on any atom is 0.418 e. The maximum absolute atomic E-state index is 13.2. The Morgan fingerprint density at radius 2 is 1.96 bits per heavy atom. The molecule has 1 aromatic heterocycles. The lowest BCUT2D eigenvalue weighted by atomic mass is 10.1. The molecule has 0 aliphatic carbocycles. The molecular formula is C16H14BrF3N2OS. The number of alkyl halides is 3. The van der Waals surface area contributed by atoms with E-state index < -0.39 is 17.6 Å². The van der Waals surface area contributed by atoms with Crippen LogP contribution in [0.2, 0.25) is 0 Å². The average molecular weight is 419 g/mol. The molecule has 1 amide bonds. The average Bonchev–Trinajstić information content (AvgIpc) is 2.90. The quantitative estimate of drug-likeness (QED) is 0.687. The number of hydrogen-bond donors (Lipinski definition) is 1. The molecule has 1 heterocycles. The molecule has 3 nitrogen and oxygen atoms in total. The third kappa shape index (κ3) is 4.85. The molecule has 0 saturated carbocycles. The zero-order valence-electron chi connectivity index (χ0n) is 12.8. The summed E-state index contributed by atoms with van der Waals surface area (Å²) in [4.78, 5) is 14.3. The fourth-order valence-corrected chi connectivity index (χ4v) is 3.23. The number of thiophene rings is 1. The van der Waals surface area contributed by atoms with Crippen molar-refractivity contribution in [1.29, 1.82) is 0 Å². The fraction of sp³-hybridized carbons (Fsp3) is 0.188. The summed E-state index contributed by atoms with van der Waals surface area (Å²) >= 11 is 4.71. The van der Waals surface area contributed by atoms with Gasteiger partial charge in [-0.25, -0.2) is 0 Å². The first-order valence-electron chi connectivity index (χ1n) is 6.80. The normalized spacial score (nSPS) is 11.8. The van der Waals surface area contributed by atoms with E-state index in [4.69, 9.17) is 0 Å². The molecule has 24 heavy (non-hydrogen) atoms. The predicted molar refractivity (Wildman–Crippen MR) is 95.5 cm³/mol. The van der Waals surface area contributed by atoms with Gasteiger partial charge < -0.3 is 10.2 Å². The SMILES string of the molecule is CN(C)c1ccc(NC(=O)/C=C/c2ccc(Br)s2)c(C(F)(F)F)c1. The van der Waals surface area contributed by atoms with Crippen LogP contribution in [0.5, 0.6) is 0 Å². The summed E-state index contributed by atoms with van der Waals surface area (Å²) < 4.78 is 40.5. The number of nitrogens with zero attached hydrogens (tertiary/aromatic N) is 1. The Morgan fingerprint density at radius 3 is 2.50 bits per heavy atom. The molecule has 0 radical (unpaired) electrons. The van der Waals surface area contributed by atoms with Gasteiger partial charge in [0.15, 0.2) is 0 Å². The van der Waals surface area contributed by atoms with Gasteiger partial charge in [0.2, 0.25) is 5.91 Å². The molecule has 0 saturated heterocycles. The second-order valence-corrected chi connectivity index (χ2v) is 7.58. The van der Waals surface area contributed by atoms with Crippen molar-refractivity contribution < 1.29 is 18.0 Å². The van der Waals surface area contributed by atoms with Gasteiger partial charge in [-0.15, -0.1) is 11.3 Å². The third-order valence-corrected chi connectivity index (χ3v) is 4.66. The third-order valence-electron chi connectivity index (χ3n) is 3.08. The first kappa shape index (κ1) is 18.5. The lowest BCUT2D eigenvalue weighted by Gasteiger charge is -2.18. The lowest BCUT2D eigenvalue weighted by molar-refractivity contribution is -0.136. The standard InChI is InChI=1S/C16H14BrF3N2OS/c1-22(2)10-3-6-13(12(9-10)16(18,19)20)21-15(23)8-5-11-4-7-14(17)24-11/h3-9H,1-2H3,(H,21,23)/b8-5+. The minimum atomic E-state index is -4.56. The number of benzene rings is 1. The number of amides is 1. The molecule has 0 atom stereocenters. The Kier molecular flexibility index (Phi) is 5.71. The van der Waals surface area contributed by atoms with Crippen molar-refractivity contribution in [1.82, 2.24) is 0 Å². The van der Waals surface area contributed by atoms with Gasteiger partial charge in [-0.3, -0.25) is 4.79 Å². The zero-order valence-corrected chi connectivity index (χ0v) is 15.2. The van der Waals surface area contributed by atoms with Crippen molar-refractivity contribution in [2.24, 2.45) is 0 Å². The second-order valence-electron chi connectivity index (χ2n) is 5.09. The summed E-state index contributed by atoms with van der Waals surface area (Å²) in [6.45, 7) is 0. The minimum Gasteiger partial charge on any atom is -0.378 e. The summed E-state index contributed by atoms with van der Waals surface area (Å²) in [7, 11) is 3.30. The molecule has 0 fully saturated rings. The van der Waals surface area contributed by atoms with E-state index in [-0.39, 0.29) is 5.69 Å². The molecule has 0 unspecified atom stereocenters. The highest BCUT2D eigenvalue weighted by molar-refractivity contribution is 9.11. The first-order chi connectivity index (χ1) is 11.2. The van der Waals surface area contributed by atoms with Crippen LogP contribution in [-0.2, 0) is 11.0 Å². The molecule has 0 aliphatic heterocycles. The summed E-state index contributed by atoms with van der Waals surface area (Å²) in [6, 6.07) is 7.40. The van der Waals surface area contributed by atoms with Gasteiger partial charge >= 0.3 is 6.18 Å². The van der Waals surface area contributed by atoms with Crippen LogP contribution in [-0.4, -0.2) is 20.0 Å². The van der Waals surface area contributed by atoms with Crippen LogP contribution in [0.4, 0.5) is 24.5 Å². The Balaban J connectivity index is 2.22. The number of carbonyl (C=O) groups is 1. The highest BCUT2D eigenvalue weighted by atomic mass is 79.9. The lowest BCUT2D eigenvalue weighted by Crippen LogP contribution is -2.16. The van der Waals surface area contributed by atoms with Crippen LogP contribution in [0.15, 0.2) is 40.2 Å². The molecular weight excluding hydrogens is 405 g/mol. The Morgan fingerprint density at radius 1 is 1.25 bits per heavy atom. The minimum absolute atomic E-state index is 0.268. The maximum atomic E-state index is 13.2. The summed E-state index contributed by atoms with van der Waals surface area (Å²) in [5.74, 6) is -0.623. The molecule has 1 aromatic carbocycles. The van der Waals surface area contributed by atoms with Crippen molar-refractivity contribution in [2.45, 2.75) is 6.18 Å². The summed E-state index contributed by atoms with van der Waals surface area (Å²) in [6.07, 6.45) is -1.80. The molecule has 0 aliphatic rings. The predicted octanol–water partition coefficient (Wildman–Crippen LogP) is 5.25. The number of halogens is 4. The molecule has 2 rings (SSSR count). The van der Waals surface area contributed by atoms with Gasteiger partial charge in [-0.05, 0) is 52.3 Å². The highest BCUT2D eigenvalue weighted by Gasteiger charge is 2.34. The van der Waals surface area contributed by atoms with E-state index in [0.717, 1.165) is 14.7 Å². The Labute approximate surface area is 149 Å². The largest absolute Gasteiger partial charge is 0.418 e. The van der Waals surface area contributed by atoms with Crippen LogP contribution in [0, 0.1) is 0 Å². The molecule has 0 spiro atoms.